The highest BCUT2D eigenvalue weighted by molar-refractivity contribution is 6.17. The zero-order valence-electron chi connectivity index (χ0n) is 8.25. The third kappa shape index (κ3) is 1.75. The molecule has 6 nitrogen and oxygen atoms in total. The lowest BCUT2D eigenvalue weighted by Crippen LogP contribution is -2.47. The van der Waals surface area contributed by atoms with Gasteiger partial charge in [0, 0.05) is 0 Å². The highest BCUT2D eigenvalue weighted by Crippen LogP contribution is 2.03. The molecule has 0 unspecified atom stereocenters. The van der Waals surface area contributed by atoms with Crippen LogP contribution in [-0.4, -0.2) is 36.7 Å². The third-order valence-electron chi connectivity index (χ3n) is 2.35. The summed E-state index contributed by atoms with van der Waals surface area (Å²) in [7, 11) is 0. The summed E-state index contributed by atoms with van der Waals surface area (Å²) in [6.45, 7) is 0.0631. The van der Waals surface area contributed by atoms with E-state index in [0.717, 1.165) is 34.1 Å². The van der Waals surface area contributed by atoms with Crippen molar-refractivity contribution in [2.24, 2.45) is 0 Å². The Morgan fingerprint density at radius 3 is 1.12 bits per heavy atom. The van der Waals surface area contributed by atoms with Crippen LogP contribution in [0.2, 0.25) is 0 Å². The largest absolute Gasteiger partial charge is 0.395 e. The second kappa shape index (κ2) is 3.92. The van der Waals surface area contributed by atoms with Gasteiger partial charge in [-0.1, -0.05) is 0 Å². The molecular weight excluding hydrogens is 212 g/mol. The first kappa shape index (κ1) is 10.6. The number of nitrogens with zero attached hydrogens (tertiary/aromatic N) is 2. The Kier molecular flexibility index (Phi) is 2.59. The van der Waals surface area contributed by atoms with E-state index in [2.05, 4.69) is 0 Å². The molecule has 2 aliphatic heterocycles. The zero-order valence-corrected chi connectivity index (χ0v) is 8.25. The smallest absolute Gasteiger partial charge is 0.220 e. The molecule has 16 heavy (non-hydrogen) atoms. The first-order valence-corrected chi connectivity index (χ1v) is 4.66. The molecular formula is C10H8N2O4+2. The number of hydrogen-bond donors (Lipinski definition) is 0. The van der Waals surface area contributed by atoms with E-state index in [0.29, 0.717) is 0 Å². The Morgan fingerprint density at radius 2 is 0.875 bits per heavy atom. The van der Waals surface area contributed by atoms with Crippen molar-refractivity contribution in [1.82, 2.24) is 9.80 Å². The van der Waals surface area contributed by atoms with Gasteiger partial charge in [0.2, 0.25) is 0 Å². The molecule has 2 radical (unpaired) electrons. The van der Waals surface area contributed by atoms with Crippen molar-refractivity contribution in [1.29, 1.82) is 0 Å². The maximum atomic E-state index is 11.2. The summed E-state index contributed by atoms with van der Waals surface area (Å²) in [4.78, 5) is 46.6. The van der Waals surface area contributed by atoms with Gasteiger partial charge < -0.3 is 0 Å². The lowest BCUT2D eigenvalue weighted by Gasteiger charge is -2.00. The topological polar surface area (TPSA) is 80.1 Å². The van der Waals surface area contributed by atoms with Gasteiger partial charge in [0.15, 0.2) is 13.1 Å². The fourth-order valence-electron chi connectivity index (χ4n) is 1.50. The fourth-order valence-corrected chi connectivity index (χ4v) is 1.50. The van der Waals surface area contributed by atoms with Crippen LogP contribution in [0.4, 0.5) is 0 Å². The molecule has 0 fully saturated rings. The van der Waals surface area contributed by atoms with Gasteiger partial charge in [-0.05, 0) is 9.80 Å². The molecule has 0 aromatic heterocycles. The monoisotopic (exact) mass is 220 g/mol. The van der Waals surface area contributed by atoms with Gasteiger partial charge in [0.05, 0.1) is 24.3 Å². The van der Waals surface area contributed by atoms with Crippen molar-refractivity contribution in [2.45, 2.75) is 0 Å². The van der Waals surface area contributed by atoms with Crippen LogP contribution < -0.4 is 9.80 Å². The van der Waals surface area contributed by atoms with Gasteiger partial charge in [-0.2, -0.15) is 0 Å². The quantitative estimate of drug-likeness (QED) is 0.429. The Labute approximate surface area is 90.8 Å². The summed E-state index contributed by atoms with van der Waals surface area (Å²) in [6.07, 6.45) is 4.64. The Morgan fingerprint density at radius 1 is 0.625 bits per heavy atom. The average Bonchev–Trinajstić information content (AvgIpc) is 2.72. The highest BCUT2D eigenvalue weighted by Gasteiger charge is 2.43. The van der Waals surface area contributed by atoms with E-state index >= 15 is 0 Å². The molecule has 0 aliphatic carbocycles. The van der Waals surface area contributed by atoms with Gasteiger partial charge in [-0.3, -0.25) is 0 Å². The maximum Gasteiger partial charge on any atom is 0.395 e. The van der Waals surface area contributed by atoms with Crippen molar-refractivity contribution in [3.05, 3.63) is 24.3 Å². The molecule has 0 atom stereocenters. The van der Waals surface area contributed by atoms with Crippen LogP contribution in [-0.2, 0) is 19.2 Å². The SMILES string of the molecule is O=C1C=CC(=O)[N+]1CC[N+]1C(=O)C=CC1=O. The highest BCUT2D eigenvalue weighted by atomic mass is 16.2. The normalized spacial score (nSPS) is 21.8. The van der Waals surface area contributed by atoms with Gasteiger partial charge in [0.1, 0.15) is 0 Å². The fraction of sp³-hybridized carbons (Fsp3) is 0.200. The summed E-state index contributed by atoms with van der Waals surface area (Å²) in [5.74, 6) is -1.68. The van der Waals surface area contributed by atoms with Crippen molar-refractivity contribution < 1.29 is 19.2 Å². The minimum absolute atomic E-state index is 0.0316. The predicted molar refractivity (Wildman–Crippen MR) is 52.3 cm³/mol. The molecule has 80 valence electrons. The van der Waals surface area contributed by atoms with Gasteiger partial charge in [-0.15, -0.1) is 0 Å². The van der Waals surface area contributed by atoms with E-state index < -0.39 is 23.6 Å². The molecule has 0 spiro atoms. The van der Waals surface area contributed by atoms with E-state index in [4.69, 9.17) is 0 Å². The van der Waals surface area contributed by atoms with Gasteiger partial charge >= 0.3 is 23.6 Å². The predicted octanol–water partition coefficient (Wildman–Crippen LogP) is -1.49. The molecule has 2 heterocycles. The van der Waals surface area contributed by atoms with Gasteiger partial charge in [-0.25, -0.2) is 19.2 Å². The van der Waals surface area contributed by atoms with Crippen LogP contribution in [0, 0.1) is 0 Å². The lowest BCUT2D eigenvalue weighted by atomic mass is 10.4. The standard InChI is InChI=1S/C10H8N2O4/c13-7-1-2-8(14)11(7)5-6-12-9(15)3-4-10(12)16/h1-4H,5-6H2/q+2. The van der Waals surface area contributed by atoms with Crippen molar-refractivity contribution >= 4 is 23.6 Å². The van der Waals surface area contributed by atoms with Crippen LogP contribution in [0.1, 0.15) is 0 Å². The second-order valence-electron chi connectivity index (χ2n) is 3.32. The number of carbonyl (C=O) groups is 4. The molecule has 2 aliphatic rings. The molecule has 4 amide bonds. The number of amides is 4. The summed E-state index contributed by atoms with van der Waals surface area (Å²) in [5.41, 5.74) is 0. The molecule has 0 saturated heterocycles. The molecule has 0 aromatic rings. The Balaban J connectivity index is 1.93. The second-order valence-corrected chi connectivity index (χ2v) is 3.32. The van der Waals surface area contributed by atoms with Crippen LogP contribution in [0.5, 0.6) is 0 Å². The molecule has 2 rings (SSSR count). The van der Waals surface area contributed by atoms with E-state index in [1.54, 1.807) is 0 Å². The number of imide groups is 2. The third-order valence-corrected chi connectivity index (χ3v) is 2.35. The molecule has 0 saturated carbocycles. The maximum absolute atomic E-state index is 11.2. The molecule has 0 aromatic carbocycles. The van der Waals surface area contributed by atoms with Crippen molar-refractivity contribution in [3.8, 4) is 0 Å². The van der Waals surface area contributed by atoms with Crippen molar-refractivity contribution in [2.75, 3.05) is 13.1 Å². The van der Waals surface area contributed by atoms with Crippen LogP contribution in [0.3, 0.4) is 0 Å². The molecule has 0 bridgehead atoms. The Bertz CT molecular complexity index is 372. The lowest BCUT2D eigenvalue weighted by molar-refractivity contribution is -0.134. The minimum Gasteiger partial charge on any atom is -0.220 e. The Hall–Kier alpha value is -1.92. The summed E-state index contributed by atoms with van der Waals surface area (Å²) >= 11 is 0. The van der Waals surface area contributed by atoms with Gasteiger partial charge in [0.25, 0.3) is 0 Å². The van der Waals surface area contributed by atoms with E-state index in [1.165, 1.54) is 0 Å². The zero-order chi connectivity index (χ0) is 11.7. The van der Waals surface area contributed by atoms with E-state index in [9.17, 15) is 19.2 Å². The van der Waals surface area contributed by atoms with Crippen molar-refractivity contribution in [3.63, 3.8) is 0 Å². The van der Waals surface area contributed by atoms with E-state index in [1.807, 2.05) is 0 Å². The average molecular weight is 220 g/mol. The van der Waals surface area contributed by atoms with Crippen LogP contribution >= 0.6 is 0 Å². The summed E-state index contributed by atoms with van der Waals surface area (Å²) in [5, 5.41) is 0. The van der Waals surface area contributed by atoms with Crippen LogP contribution in [0.15, 0.2) is 24.3 Å². The number of carbonyl (C=O) groups excluding carboxylic acids is 4. The molecule has 0 N–H and O–H groups in total. The summed E-state index contributed by atoms with van der Waals surface area (Å²) < 4.78 is 0. The molecule has 6 heteroatoms. The minimum atomic E-state index is -0.419. The number of rotatable bonds is 3. The number of hydrogen-bond acceptors (Lipinski definition) is 4. The summed E-state index contributed by atoms with van der Waals surface area (Å²) in [6, 6.07) is 0. The first-order valence-electron chi connectivity index (χ1n) is 4.66. The first-order chi connectivity index (χ1) is 7.59. The van der Waals surface area contributed by atoms with E-state index in [-0.39, 0.29) is 13.1 Å². The van der Waals surface area contributed by atoms with Crippen LogP contribution in [0.25, 0.3) is 0 Å².